The summed E-state index contributed by atoms with van der Waals surface area (Å²) in [6.45, 7) is 5.24. The van der Waals surface area contributed by atoms with Gasteiger partial charge in [-0.15, -0.1) is 0 Å². The molecule has 128 valence electrons. The lowest BCUT2D eigenvalue weighted by Gasteiger charge is -2.34. The van der Waals surface area contributed by atoms with Crippen LogP contribution in [-0.4, -0.2) is 57.2 Å². The van der Waals surface area contributed by atoms with Crippen LogP contribution in [0.5, 0.6) is 0 Å². The van der Waals surface area contributed by atoms with Crippen molar-refractivity contribution in [2.24, 2.45) is 5.92 Å². The zero-order valence-corrected chi connectivity index (χ0v) is 14.5. The van der Waals surface area contributed by atoms with Crippen molar-refractivity contribution in [2.45, 2.75) is 32.7 Å². The first-order chi connectivity index (χ1) is 11.5. The van der Waals surface area contributed by atoms with Crippen LogP contribution in [0.15, 0.2) is 30.7 Å². The van der Waals surface area contributed by atoms with E-state index in [4.69, 9.17) is 0 Å². The Bertz CT molecular complexity index is 744. The predicted molar refractivity (Wildman–Crippen MR) is 91.7 cm³/mol. The fourth-order valence-electron chi connectivity index (χ4n) is 3.09. The van der Waals surface area contributed by atoms with Gasteiger partial charge in [-0.3, -0.25) is 9.59 Å². The van der Waals surface area contributed by atoms with Gasteiger partial charge in [-0.25, -0.2) is 4.98 Å². The van der Waals surface area contributed by atoms with Crippen molar-refractivity contribution in [2.75, 3.05) is 20.1 Å². The average Bonchev–Trinajstić information content (AvgIpc) is 3.07. The van der Waals surface area contributed by atoms with Gasteiger partial charge in [0.15, 0.2) is 0 Å². The van der Waals surface area contributed by atoms with Crippen LogP contribution in [0.1, 0.15) is 37.2 Å². The molecule has 0 aliphatic carbocycles. The van der Waals surface area contributed by atoms with Crippen LogP contribution in [0.4, 0.5) is 0 Å². The molecule has 1 aliphatic heterocycles. The minimum absolute atomic E-state index is 0.0162. The van der Waals surface area contributed by atoms with Crippen molar-refractivity contribution >= 4 is 17.3 Å². The number of hydrogen-bond donors (Lipinski definition) is 0. The van der Waals surface area contributed by atoms with E-state index in [-0.39, 0.29) is 23.8 Å². The van der Waals surface area contributed by atoms with Gasteiger partial charge in [0.25, 0.3) is 5.91 Å². The second-order valence-electron chi connectivity index (χ2n) is 6.72. The van der Waals surface area contributed by atoms with Crippen molar-refractivity contribution in [1.29, 1.82) is 0 Å². The Morgan fingerprint density at radius 3 is 2.67 bits per heavy atom. The molecule has 1 saturated heterocycles. The normalized spacial score (nSPS) is 15.9. The van der Waals surface area contributed by atoms with Crippen LogP contribution < -0.4 is 0 Å². The van der Waals surface area contributed by atoms with E-state index in [1.807, 2.05) is 49.7 Å². The molecular formula is C18H24N4O2. The third kappa shape index (κ3) is 3.13. The van der Waals surface area contributed by atoms with Gasteiger partial charge in [0.05, 0.1) is 6.33 Å². The number of aromatic nitrogens is 2. The molecule has 6 nitrogen and oxygen atoms in total. The molecule has 0 unspecified atom stereocenters. The number of amides is 2. The molecule has 6 heteroatoms. The number of fused-ring (bicyclic) bond motifs is 1. The summed E-state index contributed by atoms with van der Waals surface area (Å²) in [6, 6.07) is 5.89. The second-order valence-corrected chi connectivity index (χ2v) is 6.72. The quantitative estimate of drug-likeness (QED) is 0.866. The Morgan fingerprint density at radius 2 is 2.00 bits per heavy atom. The highest BCUT2D eigenvalue weighted by Crippen LogP contribution is 2.21. The fraction of sp³-hybridized carbons (Fsp3) is 0.500. The third-order valence-corrected chi connectivity index (χ3v) is 4.89. The van der Waals surface area contributed by atoms with E-state index >= 15 is 0 Å². The number of hydrogen-bond acceptors (Lipinski definition) is 3. The topological polar surface area (TPSA) is 57.9 Å². The Labute approximate surface area is 142 Å². The molecule has 24 heavy (non-hydrogen) atoms. The highest BCUT2D eigenvalue weighted by molar-refractivity contribution is 5.93. The van der Waals surface area contributed by atoms with E-state index in [2.05, 4.69) is 4.98 Å². The van der Waals surface area contributed by atoms with Crippen LogP contribution >= 0.6 is 0 Å². The monoisotopic (exact) mass is 328 g/mol. The number of carbonyl (C=O) groups excluding carboxylic acids is 2. The molecule has 3 rings (SSSR count). The van der Waals surface area contributed by atoms with Gasteiger partial charge in [0.1, 0.15) is 5.69 Å². The summed E-state index contributed by atoms with van der Waals surface area (Å²) in [4.78, 5) is 32.9. The maximum Gasteiger partial charge on any atom is 0.272 e. The molecule has 0 aromatic carbocycles. The number of piperidine rings is 1. The summed E-state index contributed by atoms with van der Waals surface area (Å²) in [5.74, 6) is 0.147. The minimum Gasteiger partial charge on any atom is -0.343 e. The third-order valence-electron chi connectivity index (χ3n) is 4.89. The molecule has 2 aromatic heterocycles. The Hall–Kier alpha value is -2.37. The van der Waals surface area contributed by atoms with Gasteiger partial charge < -0.3 is 14.2 Å². The molecule has 0 atom stereocenters. The van der Waals surface area contributed by atoms with Crippen molar-refractivity contribution in [3.63, 3.8) is 0 Å². The molecule has 0 bridgehead atoms. The molecular weight excluding hydrogens is 304 g/mol. The zero-order valence-electron chi connectivity index (χ0n) is 14.5. The van der Waals surface area contributed by atoms with Gasteiger partial charge in [0.2, 0.25) is 5.91 Å². The molecule has 1 fully saturated rings. The smallest absolute Gasteiger partial charge is 0.272 e. The second kappa shape index (κ2) is 6.63. The molecule has 0 N–H and O–H groups in total. The largest absolute Gasteiger partial charge is 0.343 e. The Kier molecular flexibility index (Phi) is 4.55. The van der Waals surface area contributed by atoms with Crippen LogP contribution in [-0.2, 0) is 4.79 Å². The molecule has 2 amide bonds. The summed E-state index contributed by atoms with van der Waals surface area (Å²) in [6.07, 6.45) is 5.00. The zero-order chi connectivity index (χ0) is 17.3. The van der Waals surface area contributed by atoms with E-state index in [0.29, 0.717) is 18.8 Å². The van der Waals surface area contributed by atoms with Crippen LogP contribution in [0.2, 0.25) is 0 Å². The summed E-state index contributed by atoms with van der Waals surface area (Å²) in [7, 11) is 1.85. The molecule has 0 spiro atoms. The van der Waals surface area contributed by atoms with Crippen LogP contribution in [0.25, 0.3) is 5.52 Å². The molecule has 1 aliphatic rings. The summed E-state index contributed by atoms with van der Waals surface area (Å²) in [5.41, 5.74) is 1.42. The van der Waals surface area contributed by atoms with E-state index in [1.54, 1.807) is 16.1 Å². The molecule has 2 aromatic rings. The van der Waals surface area contributed by atoms with Crippen molar-refractivity contribution in [3.8, 4) is 0 Å². The van der Waals surface area contributed by atoms with E-state index in [9.17, 15) is 9.59 Å². The highest BCUT2D eigenvalue weighted by atomic mass is 16.2. The van der Waals surface area contributed by atoms with Gasteiger partial charge in [0, 0.05) is 43.8 Å². The van der Waals surface area contributed by atoms with Gasteiger partial charge >= 0.3 is 0 Å². The first kappa shape index (κ1) is 16.5. The Morgan fingerprint density at radius 1 is 1.29 bits per heavy atom. The summed E-state index contributed by atoms with van der Waals surface area (Å²) >= 11 is 0. The molecule has 3 heterocycles. The predicted octanol–water partition coefficient (Wildman–Crippen LogP) is 2.05. The van der Waals surface area contributed by atoms with E-state index < -0.39 is 0 Å². The lowest BCUT2D eigenvalue weighted by atomic mass is 9.94. The molecule has 0 radical (unpaired) electrons. The Balaban J connectivity index is 1.63. The van der Waals surface area contributed by atoms with Gasteiger partial charge in [-0.05, 0) is 44.9 Å². The highest BCUT2D eigenvalue weighted by Gasteiger charge is 2.30. The number of nitrogens with zero attached hydrogens (tertiary/aromatic N) is 4. The van der Waals surface area contributed by atoms with Crippen molar-refractivity contribution in [1.82, 2.24) is 19.2 Å². The number of carbonyl (C=O) groups is 2. The summed E-state index contributed by atoms with van der Waals surface area (Å²) in [5, 5.41) is 0. The van der Waals surface area contributed by atoms with Gasteiger partial charge in [-0.2, -0.15) is 0 Å². The maximum atomic E-state index is 12.6. The van der Waals surface area contributed by atoms with Crippen LogP contribution in [0, 0.1) is 5.92 Å². The number of likely N-dealkylation sites (tertiary alicyclic amines) is 1. The van der Waals surface area contributed by atoms with E-state index in [0.717, 1.165) is 18.4 Å². The summed E-state index contributed by atoms with van der Waals surface area (Å²) < 4.78 is 1.88. The maximum absolute atomic E-state index is 12.6. The lowest BCUT2D eigenvalue weighted by molar-refractivity contribution is -0.137. The van der Waals surface area contributed by atoms with Gasteiger partial charge in [-0.1, -0.05) is 0 Å². The fourth-order valence-corrected chi connectivity index (χ4v) is 3.09. The van der Waals surface area contributed by atoms with Crippen LogP contribution in [0.3, 0.4) is 0 Å². The first-order valence-electron chi connectivity index (χ1n) is 8.46. The standard InChI is InChI=1S/C18H24N4O2/c1-13(2)20(3)17(23)14-6-9-21(10-7-14)18(24)16-11-15-5-4-8-22(15)12-19-16/h4-5,8,11-14H,6-7,9-10H2,1-3H3. The first-order valence-corrected chi connectivity index (χ1v) is 8.46. The number of rotatable bonds is 3. The average molecular weight is 328 g/mol. The SMILES string of the molecule is CC(C)N(C)C(=O)C1CCN(C(=O)c2cc3cccn3cn2)CC1. The van der Waals surface area contributed by atoms with Crippen molar-refractivity contribution in [3.05, 3.63) is 36.4 Å². The van der Waals surface area contributed by atoms with E-state index in [1.165, 1.54) is 0 Å². The van der Waals surface area contributed by atoms with Crippen molar-refractivity contribution < 1.29 is 9.59 Å². The molecule has 0 saturated carbocycles. The lowest BCUT2D eigenvalue weighted by Crippen LogP contribution is -2.45. The minimum atomic E-state index is -0.0539.